The van der Waals surface area contributed by atoms with Gasteiger partial charge in [0.05, 0.1) is 24.5 Å². The number of anilines is 1. The number of amides is 2. The minimum atomic E-state index is -0.447. The lowest BCUT2D eigenvalue weighted by atomic mass is 9.94. The molecule has 34 heavy (non-hydrogen) atoms. The smallest absolute Gasteiger partial charge is 0.255 e. The van der Waals surface area contributed by atoms with Gasteiger partial charge < -0.3 is 15.0 Å². The van der Waals surface area contributed by atoms with Crippen LogP contribution >= 0.6 is 0 Å². The monoisotopic (exact) mass is 471 g/mol. The second-order valence-corrected chi connectivity index (χ2v) is 9.51. The Hall–Kier alpha value is -2.78. The minimum Gasteiger partial charge on any atom is -0.370 e. The van der Waals surface area contributed by atoms with Gasteiger partial charge in [-0.05, 0) is 37.5 Å². The van der Waals surface area contributed by atoms with Crippen molar-refractivity contribution in [3.8, 4) is 0 Å². The lowest BCUT2D eigenvalue weighted by molar-refractivity contribution is -0.134. The van der Waals surface area contributed by atoms with Crippen molar-refractivity contribution in [3.05, 3.63) is 48.0 Å². The lowest BCUT2D eigenvalue weighted by Gasteiger charge is -2.35. The normalized spacial score (nSPS) is 21.5. The van der Waals surface area contributed by atoms with Crippen molar-refractivity contribution < 1.29 is 18.7 Å². The van der Waals surface area contributed by atoms with Gasteiger partial charge in [-0.25, -0.2) is 4.39 Å². The predicted octanol–water partition coefficient (Wildman–Crippen LogP) is 3.33. The first-order valence-corrected chi connectivity index (χ1v) is 12.1. The highest BCUT2D eigenvalue weighted by molar-refractivity contribution is 6.04. The van der Waals surface area contributed by atoms with E-state index < -0.39 is 5.82 Å². The van der Waals surface area contributed by atoms with Gasteiger partial charge in [0.1, 0.15) is 12.4 Å². The van der Waals surface area contributed by atoms with Crippen molar-refractivity contribution >= 4 is 17.5 Å². The Balaban J connectivity index is 1.40. The van der Waals surface area contributed by atoms with Gasteiger partial charge in [-0.3, -0.25) is 19.2 Å². The van der Waals surface area contributed by atoms with Crippen molar-refractivity contribution in [1.29, 1.82) is 0 Å². The Bertz CT molecular complexity index is 988. The minimum absolute atomic E-state index is 0.0375. The molecule has 2 aromatic rings. The number of ether oxygens (including phenoxy) is 1. The number of nitrogens with one attached hydrogen (secondary N) is 1. The van der Waals surface area contributed by atoms with E-state index in [9.17, 15) is 14.0 Å². The molecule has 1 aliphatic carbocycles. The van der Waals surface area contributed by atoms with Crippen molar-refractivity contribution in [3.63, 3.8) is 0 Å². The zero-order valence-corrected chi connectivity index (χ0v) is 20.0. The fraction of sp³-hybridized carbons (Fsp3) is 0.560. The van der Waals surface area contributed by atoms with Crippen LogP contribution in [-0.4, -0.2) is 77.3 Å². The Kier molecular flexibility index (Phi) is 7.95. The molecule has 8 nitrogen and oxygen atoms in total. The fourth-order valence-corrected chi connectivity index (χ4v) is 4.98. The van der Waals surface area contributed by atoms with Gasteiger partial charge in [-0.1, -0.05) is 25.3 Å². The highest BCUT2D eigenvalue weighted by Gasteiger charge is 2.38. The van der Waals surface area contributed by atoms with E-state index in [2.05, 4.69) is 15.3 Å². The molecule has 0 spiro atoms. The van der Waals surface area contributed by atoms with E-state index in [-0.39, 0.29) is 36.1 Å². The number of aromatic nitrogens is 2. The van der Waals surface area contributed by atoms with Crippen LogP contribution in [0.2, 0.25) is 0 Å². The number of likely N-dealkylation sites (N-methyl/N-ethyl adjacent to an activating group) is 1. The molecule has 184 valence electrons. The molecule has 1 aromatic heterocycles. The van der Waals surface area contributed by atoms with Gasteiger partial charge in [-0.15, -0.1) is 0 Å². The fourth-order valence-electron chi connectivity index (χ4n) is 4.98. The van der Waals surface area contributed by atoms with Gasteiger partial charge in [0.15, 0.2) is 0 Å². The van der Waals surface area contributed by atoms with E-state index in [0.717, 1.165) is 13.0 Å². The summed E-state index contributed by atoms with van der Waals surface area (Å²) >= 11 is 0. The summed E-state index contributed by atoms with van der Waals surface area (Å²) in [6.07, 6.45) is 10.5. The second-order valence-electron chi connectivity index (χ2n) is 9.51. The third kappa shape index (κ3) is 6.01. The number of benzene rings is 1. The van der Waals surface area contributed by atoms with Crippen molar-refractivity contribution in [2.75, 3.05) is 39.2 Å². The van der Waals surface area contributed by atoms with Crippen LogP contribution in [0.3, 0.4) is 0 Å². The molecule has 1 aromatic carbocycles. The summed E-state index contributed by atoms with van der Waals surface area (Å²) in [6, 6.07) is 6.51. The van der Waals surface area contributed by atoms with Gasteiger partial charge in [0.2, 0.25) is 5.91 Å². The summed E-state index contributed by atoms with van der Waals surface area (Å²) in [5.41, 5.74) is 0.844. The first-order valence-electron chi connectivity index (χ1n) is 12.1. The zero-order valence-electron chi connectivity index (χ0n) is 20.0. The molecule has 1 saturated carbocycles. The molecule has 2 aliphatic rings. The topological polar surface area (TPSA) is 79.7 Å². The van der Waals surface area contributed by atoms with Gasteiger partial charge in [0, 0.05) is 44.5 Å². The molecule has 9 heteroatoms. The number of hydrogen-bond acceptors (Lipinski definition) is 5. The van der Waals surface area contributed by atoms with Crippen molar-refractivity contribution in [2.24, 2.45) is 0 Å². The Morgan fingerprint density at radius 2 is 2.00 bits per heavy atom. The van der Waals surface area contributed by atoms with E-state index in [1.54, 1.807) is 31.3 Å². The average molecular weight is 472 g/mol. The molecule has 2 atom stereocenters. The molecule has 2 fully saturated rings. The van der Waals surface area contributed by atoms with E-state index in [1.807, 2.05) is 10.9 Å². The van der Waals surface area contributed by atoms with Crippen LogP contribution in [0, 0.1) is 5.82 Å². The maximum Gasteiger partial charge on any atom is 0.255 e. The first kappa shape index (κ1) is 24.3. The molecule has 1 saturated heterocycles. The summed E-state index contributed by atoms with van der Waals surface area (Å²) < 4.78 is 21.2. The molecule has 2 heterocycles. The molecule has 1 N–H and O–H groups in total. The Labute approximate surface area is 200 Å². The second kappa shape index (κ2) is 11.1. The Morgan fingerprint density at radius 3 is 2.74 bits per heavy atom. The van der Waals surface area contributed by atoms with E-state index in [0.29, 0.717) is 18.3 Å². The molecule has 0 unspecified atom stereocenters. The van der Waals surface area contributed by atoms with Crippen molar-refractivity contribution in [2.45, 2.75) is 56.7 Å². The molecule has 0 radical (unpaired) electrons. The highest BCUT2D eigenvalue weighted by atomic mass is 19.1. The molecular formula is C25H34FN5O3. The van der Waals surface area contributed by atoms with Crippen LogP contribution < -0.4 is 5.32 Å². The zero-order chi connectivity index (χ0) is 24.1. The molecule has 1 aliphatic heterocycles. The van der Waals surface area contributed by atoms with Crippen molar-refractivity contribution in [1.82, 2.24) is 19.6 Å². The molecule has 2 amide bonds. The summed E-state index contributed by atoms with van der Waals surface area (Å²) in [7, 11) is 3.46. The van der Waals surface area contributed by atoms with Gasteiger partial charge in [0.25, 0.3) is 5.91 Å². The molecule has 0 bridgehead atoms. The van der Waals surface area contributed by atoms with Crippen LogP contribution in [0.5, 0.6) is 0 Å². The highest BCUT2D eigenvalue weighted by Crippen LogP contribution is 2.34. The number of rotatable bonds is 8. The molecule has 4 rings (SSSR count). The maximum absolute atomic E-state index is 13.4. The van der Waals surface area contributed by atoms with Crippen LogP contribution in [0.1, 0.15) is 54.9 Å². The summed E-state index contributed by atoms with van der Waals surface area (Å²) in [5, 5.41) is 7.31. The van der Waals surface area contributed by atoms with Gasteiger partial charge in [-0.2, -0.15) is 5.10 Å². The number of hydrogen-bond donors (Lipinski definition) is 1. The largest absolute Gasteiger partial charge is 0.370 e. The summed E-state index contributed by atoms with van der Waals surface area (Å²) in [4.78, 5) is 28.5. The summed E-state index contributed by atoms with van der Waals surface area (Å²) in [5.74, 6) is -0.853. The quantitative estimate of drug-likeness (QED) is 0.639. The van der Waals surface area contributed by atoms with E-state index >= 15 is 0 Å². The molecular weight excluding hydrogens is 437 g/mol. The summed E-state index contributed by atoms with van der Waals surface area (Å²) in [6.45, 7) is 1.46. The lowest BCUT2D eigenvalue weighted by Crippen LogP contribution is -2.43. The predicted molar refractivity (Wildman–Crippen MR) is 127 cm³/mol. The van der Waals surface area contributed by atoms with Crippen LogP contribution in [0.4, 0.5) is 10.1 Å². The Morgan fingerprint density at radius 1 is 1.21 bits per heavy atom. The van der Waals surface area contributed by atoms with Crippen LogP contribution in [-0.2, 0) is 9.53 Å². The average Bonchev–Trinajstić information content (AvgIpc) is 3.46. The first-order chi connectivity index (χ1) is 16.4. The van der Waals surface area contributed by atoms with E-state index in [4.69, 9.17) is 4.74 Å². The van der Waals surface area contributed by atoms with Crippen LogP contribution in [0.25, 0.3) is 0 Å². The van der Waals surface area contributed by atoms with Gasteiger partial charge >= 0.3 is 0 Å². The number of likely N-dealkylation sites (tertiary alicyclic amines) is 1. The third-order valence-electron chi connectivity index (χ3n) is 6.83. The number of nitrogens with zero attached hydrogens (tertiary/aromatic N) is 4. The maximum atomic E-state index is 13.4. The van der Waals surface area contributed by atoms with Crippen LogP contribution in [0.15, 0.2) is 36.7 Å². The standard InChI is InChI=1S/C25H34FN5O3/c1-29(2)24(32)17-34-16-23-12-22(15-30(23)21-9-4-3-5-10-21)31-14-20(13-27-31)28-25(33)18-7-6-8-19(26)11-18/h6-8,11,13-14,21-23H,3-5,9-10,12,15-17H2,1-2H3,(H,28,33)/t22-,23-/m0/s1. The SMILES string of the molecule is CN(C)C(=O)COC[C@@H]1C[C@H](n2cc(NC(=O)c3cccc(F)c3)cn2)CN1C1CCCCC1. The number of halogens is 1. The van der Waals surface area contributed by atoms with E-state index in [1.165, 1.54) is 50.3 Å². The number of carbonyl (C=O) groups is 2. The number of carbonyl (C=O) groups excluding carboxylic acids is 2. The third-order valence-corrected chi connectivity index (χ3v) is 6.83.